The highest BCUT2D eigenvalue weighted by Crippen LogP contribution is 2.24. The highest BCUT2D eigenvalue weighted by molar-refractivity contribution is 5.77. The molecule has 1 unspecified atom stereocenters. The second-order valence-electron chi connectivity index (χ2n) is 4.29. The van der Waals surface area contributed by atoms with E-state index in [1.807, 2.05) is 31.3 Å². The van der Waals surface area contributed by atoms with Crippen molar-refractivity contribution in [2.24, 2.45) is 0 Å². The van der Waals surface area contributed by atoms with E-state index in [-0.39, 0.29) is 11.6 Å². The summed E-state index contributed by atoms with van der Waals surface area (Å²) in [4.78, 5) is 18.9. The third-order valence-corrected chi connectivity index (χ3v) is 3.29. The van der Waals surface area contributed by atoms with E-state index in [1.165, 1.54) is 0 Å². The van der Waals surface area contributed by atoms with E-state index < -0.39 is 0 Å². The fourth-order valence-electron chi connectivity index (χ4n) is 2.18. The molecule has 0 N–H and O–H groups in total. The van der Waals surface area contributed by atoms with Crippen LogP contribution in [0.4, 0.5) is 0 Å². The lowest BCUT2D eigenvalue weighted by Crippen LogP contribution is -2.22. The summed E-state index contributed by atoms with van der Waals surface area (Å²) in [5.74, 6) is 0.867. The Kier molecular flexibility index (Phi) is 1.88. The predicted octanol–water partition coefficient (Wildman–Crippen LogP) is 1.36. The summed E-state index contributed by atoms with van der Waals surface area (Å²) >= 11 is 0. The number of fused-ring (bicyclic) bond motifs is 2. The summed E-state index contributed by atoms with van der Waals surface area (Å²) < 4.78 is 1.76. The van der Waals surface area contributed by atoms with Gasteiger partial charge in [-0.25, -0.2) is 4.98 Å². The van der Waals surface area contributed by atoms with Crippen LogP contribution < -0.4 is 5.56 Å². The van der Waals surface area contributed by atoms with Gasteiger partial charge in [0.15, 0.2) is 0 Å². The SMILES string of the molecule is CC1c2nc3ccccc3c(=O)n2CN1C. The van der Waals surface area contributed by atoms with Crippen LogP contribution in [-0.2, 0) is 6.67 Å². The molecule has 1 aliphatic heterocycles. The molecule has 1 aromatic carbocycles. The molecule has 2 aromatic rings. The average molecular weight is 215 g/mol. The molecular weight excluding hydrogens is 202 g/mol. The molecule has 0 bridgehead atoms. The van der Waals surface area contributed by atoms with Crippen LogP contribution in [0.5, 0.6) is 0 Å². The third-order valence-electron chi connectivity index (χ3n) is 3.29. The van der Waals surface area contributed by atoms with Crippen LogP contribution in [0.3, 0.4) is 0 Å². The van der Waals surface area contributed by atoms with Gasteiger partial charge in [-0.05, 0) is 26.1 Å². The Balaban J connectivity index is 2.40. The molecule has 0 fully saturated rings. The molecule has 0 radical (unpaired) electrons. The normalized spacial score (nSPS) is 20.2. The van der Waals surface area contributed by atoms with Crippen molar-refractivity contribution in [2.45, 2.75) is 19.6 Å². The number of hydrogen-bond acceptors (Lipinski definition) is 3. The van der Waals surface area contributed by atoms with Crippen LogP contribution in [0.1, 0.15) is 18.8 Å². The van der Waals surface area contributed by atoms with Crippen LogP contribution in [0.25, 0.3) is 10.9 Å². The number of aromatic nitrogens is 2. The molecule has 0 amide bonds. The fraction of sp³-hybridized carbons (Fsp3) is 0.333. The monoisotopic (exact) mass is 215 g/mol. The van der Waals surface area contributed by atoms with Crippen LogP contribution in [0.15, 0.2) is 29.1 Å². The average Bonchev–Trinajstić information content (AvgIpc) is 2.58. The Morgan fingerprint density at radius 1 is 1.38 bits per heavy atom. The highest BCUT2D eigenvalue weighted by atomic mass is 16.1. The van der Waals surface area contributed by atoms with Crippen molar-refractivity contribution in [3.8, 4) is 0 Å². The molecular formula is C12H13N3O. The Morgan fingerprint density at radius 3 is 2.94 bits per heavy atom. The summed E-state index contributed by atoms with van der Waals surface area (Å²) in [5, 5.41) is 0.703. The standard InChI is InChI=1S/C12H13N3O/c1-8-11-13-10-6-4-3-5-9(10)12(16)15(11)7-14(8)2/h3-6,8H,7H2,1-2H3. The van der Waals surface area contributed by atoms with Crippen molar-refractivity contribution in [1.82, 2.24) is 14.5 Å². The molecule has 0 aliphatic carbocycles. The van der Waals surface area contributed by atoms with E-state index >= 15 is 0 Å². The molecule has 1 atom stereocenters. The van der Waals surface area contributed by atoms with E-state index in [2.05, 4.69) is 16.8 Å². The lowest BCUT2D eigenvalue weighted by Gasteiger charge is -2.11. The second-order valence-corrected chi connectivity index (χ2v) is 4.29. The Hall–Kier alpha value is -1.68. The van der Waals surface area contributed by atoms with Gasteiger partial charge in [0.2, 0.25) is 0 Å². The largest absolute Gasteiger partial charge is 0.281 e. The van der Waals surface area contributed by atoms with E-state index in [0.717, 1.165) is 11.3 Å². The second kappa shape index (κ2) is 3.15. The van der Waals surface area contributed by atoms with Crippen molar-refractivity contribution in [1.29, 1.82) is 0 Å². The van der Waals surface area contributed by atoms with Crippen molar-refractivity contribution in [3.05, 3.63) is 40.4 Å². The lowest BCUT2D eigenvalue weighted by atomic mass is 10.2. The molecule has 1 aromatic heterocycles. The maximum Gasteiger partial charge on any atom is 0.262 e. The Morgan fingerprint density at radius 2 is 2.12 bits per heavy atom. The van der Waals surface area contributed by atoms with E-state index in [1.54, 1.807) is 4.57 Å². The summed E-state index contributed by atoms with van der Waals surface area (Å²) in [6, 6.07) is 7.72. The first-order chi connectivity index (χ1) is 7.68. The first-order valence-corrected chi connectivity index (χ1v) is 5.38. The van der Waals surface area contributed by atoms with Gasteiger partial charge in [-0.3, -0.25) is 14.3 Å². The van der Waals surface area contributed by atoms with Crippen LogP contribution in [0.2, 0.25) is 0 Å². The molecule has 82 valence electrons. The number of nitrogens with zero attached hydrogens (tertiary/aromatic N) is 3. The first-order valence-electron chi connectivity index (χ1n) is 5.38. The molecule has 0 saturated carbocycles. The van der Waals surface area contributed by atoms with Crippen molar-refractivity contribution in [2.75, 3.05) is 7.05 Å². The Bertz CT molecular complexity index is 617. The number of benzene rings is 1. The first kappa shape index (κ1) is 9.54. The zero-order valence-electron chi connectivity index (χ0n) is 9.34. The molecule has 3 rings (SSSR count). The predicted molar refractivity (Wildman–Crippen MR) is 62.2 cm³/mol. The zero-order chi connectivity index (χ0) is 11.3. The Labute approximate surface area is 93.1 Å². The molecule has 1 aliphatic rings. The summed E-state index contributed by atoms with van der Waals surface area (Å²) in [6.45, 7) is 2.70. The minimum atomic E-state index is 0.0665. The van der Waals surface area contributed by atoms with Gasteiger partial charge >= 0.3 is 0 Å². The summed E-state index contributed by atoms with van der Waals surface area (Å²) in [5.41, 5.74) is 0.859. The van der Waals surface area contributed by atoms with E-state index in [0.29, 0.717) is 12.1 Å². The van der Waals surface area contributed by atoms with E-state index in [9.17, 15) is 4.79 Å². The summed E-state index contributed by atoms with van der Waals surface area (Å²) in [6.07, 6.45) is 0. The number of para-hydroxylation sites is 1. The smallest absolute Gasteiger partial charge is 0.262 e. The van der Waals surface area contributed by atoms with Crippen LogP contribution >= 0.6 is 0 Å². The quantitative estimate of drug-likeness (QED) is 0.666. The minimum absolute atomic E-state index is 0.0665. The van der Waals surface area contributed by atoms with Crippen molar-refractivity contribution < 1.29 is 0 Å². The van der Waals surface area contributed by atoms with Gasteiger partial charge in [-0.1, -0.05) is 12.1 Å². The van der Waals surface area contributed by atoms with Gasteiger partial charge in [0.05, 0.1) is 23.6 Å². The number of rotatable bonds is 0. The fourth-order valence-corrected chi connectivity index (χ4v) is 2.18. The van der Waals surface area contributed by atoms with Crippen molar-refractivity contribution >= 4 is 10.9 Å². The number of hydrogen-bond donors (Lipinski definition) is 0. The van der Waals surface area contributed by atoms with Crippen LogP contribution in [-0.4, -0.2) is 21.5 Å². The summed E-state index contributed by atoms with van der Waals surface area (Å²) in [7, 11) is 2.00. The van der Waals surface area contributed by atoms with Gasteiger partial charge in [-0.15, -0.1) is 0 Å². The third kappa shape index (κ3) is 1.13. The molecule has 16 heavy (non-hydrogen) atoms. The highest BCUT2D eigenvalue weighted by Gasteiger charge is 2.26. The maximum atomic E-state index is 12.2. The van der Waals surface area contributed by atoms with Gasteiger partial charge in [0.1, 0.15) is 5.82 Å². The van der Waals surface area contributed by atoms with Gasteiger partial charge < -0.3 is 0 Å². The molecule has 4 heteroatoms. The molecule has 4 nitrogen and oxygen atoms in total. The lowest BCUT2D eigenvalue weighted by molar-refractivity contribution is 0.262. The van der Waals surface area contributed by atoms with E-state index in [4.69, 9.17) is 0 Å². The van der Waals surface area contributed by atoms with Crippen LogP contribution in [0, 0.1) is 0 Å². The maximum absolute atomic E-state index is 12.2. The van der Waals surface area contributed by atoms with Gasteiger partial charge in [0.25, 0.3) is 5.56 Å². The molecule has 0 spiro atoms. The molecule has 2 heterocycles. The minimum Gasteiger partial charge on any atom is -0.281 e. The topological polar surface area (TPSA) is 38.1 Å². The van der Waals surface area contributed by atoms with Gasteiger partial charge in [-0.2, -0.15) is 0 Å². The zero-order valence-corrected chi connectivity index (χ0v) is 9.34. The molecule has 0 saturated heterocycles. The van der Waals surface area contributed by atoms with Crippen molar-refractivity contribution in [3.63, 3.8) is 0 Å². The van der Waals surface area contributed by atoms with Gasteiger partial charge in [0, 0.05) is 0 Å².